The first-order valence-electron chi connectivity index (χ1n) is 7.32. The number of β-lactam (4-membered cyclic amide) rings is 1. The molecule has 1 amide bonds. The number of hydrogen-bond acceptors (Lipinski definition) is 2. The van der Waals surface area contributed by atoms with E-state index in [1.54, 1.807) is 12.1 Å². The van der Waals surface area contributed by atoms with Crippen molar-refractivity contribution in [2.45, 2.75) is 51.4 Å². The van der Waals surface area contributed by atoms with Crippen molar-refractivity contribution in [3.05, 3.63) is 35.6 Å². The van der Waals surface area contributed by atoms with Crippen LogP contribution in [0.5, 0.6) is 0 Å². The van der Waals surface area contributed by atoms with Crippen molar-refractivity contribution in [1.82, 2.24) is 5.06 Å². The molecule has 1 heterocycles. The van der Waals surface area contributed by atoms with E-state index in [1.807, 2.05) is 0 Å². The minimum Gasteiger partial charge on any atom is -0.316 e. The molecule has 1 aromatic carbocycles. The van der Waals surface area contributed by atoms with Gasteiger partial charge in [0.15, 0.2) is 0 Å². The summed E-state index contributed by atoms with van der Waals surface area (Å²) in [6.45, 7) is 6.41. The molecule has 1 atom stereocenters. The van der Waals surface area contributed by atoms with Gasteiger partial charge in [0, 0.05) is 0 Å². The number of hydrogen-bond donors (Lipinski definition) is 0. The highest BCUT2D eigenvalue weighted by molar-refractivity contribution is 6.73. The Bertz CT molecular complexity index is 465. The van der Waals surface area contributed by atoms with Crippen molar-refractivity contribution in [3.8, 4) is 0 Å². The fourth-order valence-electron chi connectivity index (χ4n) is 2.60. The average Bonchev–Trinajstić information content (AvgIpc) is 2.48. The second-order valence-electron chi connectivity index (χ2n) is 5.33. The van der Waals surface area contributed by atoms with Crippen LogP contribution in [-0.2, 0) is 9.32 Å². The third kappa shape index (κ3) is 2.78. The standard InChI is InChI=1S/C15H22FNO2Si/c1-4-20(5-2,6-3)19-17-14(11-15(17)18)12-7-9-13(16)10-8-12/h7-10,14H,4-6,11H2,1-3H3. The van der Waals surface area contributed by atoms with Gasteiger partial charge in [-0.1, -0.05) is 32.9 Å². The van der Waals surface area contributed by atoms with E-state index in [4.69, 9.17) is 4.53 Å². The van der Waals surface area contributed by atoms with Crippen molar-refractivity contribution in [2.24, 2.45) is 0 Å². The monoisotopic (exact) mass is 295 g/mol. The second-order valence-corrected chi connectivity index (χ2v) is 10.00. The first kappa shape index (κ1) is 15.2. The molecule has 20 heavy (non-hydrogen) atoms. The minimum atomic E-state index is -1.85. The van der Waals surface area contributed by atoms with Gasteiger partial charge in [-0.05, 0) is 35.8 Å². The van der Waals surface area contributed by atoms with Gasteiger partial charge >= 0.3 is 0 Å². The normalized spacial score (nSPS) is 19.1. The van der Waals surface area contributed by atoms with Gasteiger partial charge in [-0.2, -0.15) is 0 Å². The van der Waals surface area contributed by atoms with Crippen molar-refractivity contribution < 1.29 is 13.7 Å². The van der Waals surface area contributed by atoms with Crippen LogP contribution in [0.1, 0.15) is 38.8 Å². The van der Waals surface area contributed by atoms with Crippen molar-refractivity contribution in [1.29, 1.82) is 0 Å². The Morgan fingerprint density at radius 2 is 1.75 bits per heavy atom. The largest absolute Gasteiger partial charge is 0.316 e. The zero-order chi connectivity index (χ0) is 14.8. The molecule has 0 N–H and O–H groups in total. The molecule has 3 nitrogen and oxygen atoms in total. The molecule has 0 spiro atoms. The lowest BCUT2D eigenvalue weighted by atomic mass is 9.97. The predicted octanol–water partition coefficient (Wildman–Crippen LogP) is 4.04. The second kappa shape index (κ2) is 6.05. The van der Waals surface area contributed by atoms with Crippen LogP contribution in [0.25, 0.3) is 0 Å². The van der Waals surface area contributed by atoms with Crippen LogP contribution in [0.2, 0.25) is 18.1 Å². The Morgan fingerprint density at radius 1 is 1.20 bits per heavy atom. The van der Waals surface area contributed by atoms with E-state index in [0.29, 0.717) is 6.42 Å². The molecule has 1 saturated heterocycles. The van der Waals surface area contributed by atoms with E-state index in [9.17, 15) is 9.18 Å². The highest BCUT2D eigenvalue weighted by atomic mass is 28.4. The molecule has 1 aliphatic heterocycles. The van der Waals surface area contributed by atoms with Gasteiger partial charge in [0.05, 0.1) is 12.5 Å². The number of benzene rings is 1. The quantitative estimate of drug-likeness (QED) is 0.585. The summed E-state index contributed by atoms with van der Waals surface area (Å²) < 4.78 is 19.1. The Kier molecular flexibility index (Phi) is 4.60. The molecule has 2 rings (SSSR count). The maximum Gasteiger partial charge on any atom is 0.248 e. The van der Waals surface area contributed by atoms with E-state index in [2.05, 4.69) is 20.8 Å². The van der Waals surface area contributed by atoms with Gasteiger partial charge in [-0.15, -0.1) is 0 Å². The van der Waals surface area contributed by atoms with Gasteiger partial charge < -0.3 is 4.53 Å². The summed E-state index contributed by atoms with van der Waals surface area (Å²) in [7, 11) is -1.85. The van der Waals surface area contributed by atoms with Crippen LogP contribution in [0, 0.1) is 5.82 Å². The zero-order valence-electron chi connectivity index (χ0n) is 12.4. The number of carbonyl (C=O) groups excluding carboxylic acids is 1. The molecule has 1 aliphatic rings. The lowest BCUT2D eigenvalue weighted by molar-refractivity contribution is -0.195. The highest BCUT2D eigenvalue weighted by Crippen LogP contribution is 2.38. The third-order valence-electron chi connectivity index (χ3n) is 4.38. The Labute approximate surface area is 120 Å². The Morgan fingerprint density at radius 3 is 2.20 bits per heavy atom. The summed E-state index contributed by atoms with van der Waals surface area (Å²) in [5.74, 6) is -0.224. The lowest BCUT2D eigenvalue weighted by Gasteiger charge is -2.45. The number of amides is 1. The van der Waals surface area contributed by atoms with Crippen molar-refractivity contribution in [2.75, 3.05) is 0 Å². The van der Waals surface area contributed by atoms with Gasteiger partial charge in [0.2, 0.25) is 14.2 Å². The predicted molar refractivity (Wildman–Crippen MR) is 78.9 cm³/mol. The first-order chi connectivity index (χ1) is 9.55. The number of carbonyl (C=O) groups is 1. The van der Waals surface area contributed by atoms with Gasteiger partial charge in [-0.3, -0.25) is 4.79 Å². The van der Waals surface area contributed by atoms with E-state index < -0.39 is 8.32 Å². The maximum absolute atomic E-state index is 13.0. The van der Waals surface area contributed by atoms with E-state index in [-0.39, 0.29) is 17.8 Å². The molecule has 0 aliphatic carbocycles. The van der Waals surface area contributed by atoms with Crippen LogP contribution in [-0.4, -0.2) is 19.3 Å². The van der Waals surface area contributed by atoms with E-state index in [0.717, 1.165) is 23.7 Å². The topological polar surface area (TPSA) is 29.5 Å². The fraction of sp³-hybridized carbons (Fsp3) is 0.533. The van der Waals surface area contributed by atoms with Gasteiger partial charge in [0.1, 0.15) is 5.82 Å². The lowest BCUT2D eigenvalue weighted by Crippen LogP contribution is -2.53. The fourth-order valence-corrected chi connectivity index (χ4v) is 5.14. The van der Waals surface area contributed by atoms with E-state index in [1.165, 1.54) is 17.2 Å². The van der Waals surface area contributed by atoms with Crippen LogP contribution in [0.4, 0.5) is 4.39 Å². The molecule has 5 heteroatoms. The maximum atomic E-state index is 13.0. The molecule has 1 fully saturated rings. The van der Waals surface area contributed by atoms with Crippen LogP contribution < -0.4 is 0 Å². The SMILES string of the molecule is CC[Si](CC)(CC)ON1C(=O)CC1c1ccc(F)cc1. The molecule has 110 valence electrons. The third-order valence-corrected chi connectivity index (χ3v) is 8.83. The summed E-state index contributed by atoms with van der Waals surface area (Å²) in [6, 6.07) is 9.27. The van der Waals surface area contributed by atoms with Gasteiger partial charge in [-0.25, -0.2) is 9.45 Å². The molecule has 0 bridgehead atoms. The molecular formula is C15H22FNO2Si. The van der Waals surface area contributed by atoms with Crippen molar-refractivity contribution >= 4 is 14.2 Å². The highest BCUT2D eigenvalue weighted by Gasteiger charge is 2.43. The summed E-state index contributed by atoms with van der Waals surface area (Å²) in [4.78, 5) is 11.9. The first-order valence-corrected chi connectivity index (χ1v) is 9.85. The summed E-state index contributed by atoms with van der Waals surface area (Å²) in [6.07, 6.45) is 0.452. The molecule has 0 saturated carbocycles. The zero-order valence-corrected chi connectivity index (χ0v) is 13.4. The number of halogens is 1. The smallest absolute Gasteiger partial charge is 0.248 e. The molecule has 0 radical (unpaired) electrons. The Balaban J connectivity index is 2.14. The molecule has 1 aromatic rings. The average molecular weight is 295 g/mol. The van der Waals surface area contributed by atoms with Crippen molar-refractivity contribution in [3.63, 3.8) is 0 Å². The Hall–Kier alpha value is -1.20. The molecular weight excluding hydrogens is 273 g/mol. The van der Waals surface area contributed by atoms with E-state index >= 15 is 0 Å². The molecule has 0 aromatic heterocycles. The van der Waals surface area contributed by atoms with Crippen LogP contribution in [0.3, 0.4) is 0 Å². The summed E-state index contributed by atoms with van der Waals surface area (Å²) >= 11 is 0. The number of hydroxylamine groups is 2. The number of nitrogens with zero attached hydrogens (tertiary/aromatic N) is 1. The summed E-state index contributed by atoms with van der Waals surface area (Å²) in [5, 5.41) is 1.54. The number of rotatable bonds is 6. The van der Waals surface area contributed by atoms with Crippen LogP contribution >= 0.6 is 0 Å². The summed E-state index contributed by atoms with van der Waals surface area (Å²) in [5.41, 5.74) is 0.942. The minimum absolute atomic E-state index is 0.0338. The van der Waals surface area contributed by atoms with Gasteiger partial charge in [0.25, 0.3) is 0 Å². The molecule has 1 unspecified atom stereocenters. The van der Waals surface area contributed by atoms with Crippen LogP contribution in [0.15, 0.2) is 24.3 Å².